The normalized spacial score (nSPS) is 10.8. The average molecular weight is 441 g/mol. The fraction of sp³-hybridized carbons (Fsp3) is 0.0588. The van der Waals surface area contributed by atoms with E-state index in [-0.39, 0.29) is 38.0 Å². The molecule has 4 N–H and O–H groups in total. The van der Waals surface area contributed by atoms with Crippen LogP contribution >= 0.6 is 27.5 Å². The number of nitrogens with two attached hydrogens (primary N) is 2. The largest absolute Gasteiger partial charge is 0.496 e. The molecule has 1 heterocycles. The molecule has 3 aromatic rings. The van der Waals surface area contributed by atoms with E-state index in [4.69, 9.17) is 32.5 Å². The Labute approximate surface area is 161 Å². The monoisotopic (exact) mass is 439 g/mol. The maximum atomic E-state index is 14.5. The highest BCUT2D eigenvalue weighted by molar-refractivity contribution is 9.10. The minimum absolute atomic E-state index is 0.0729. The van der Waals surface area contributed by atoms with Crippen molar-refractivity contribution in [2.24, 2.45) is 5.73 Å². The number of nitrogen functional groups attached to an aromatic ring is 1. The minimum atomic E-state index is -0.813. The third kappa shape index (κ3) is 3.13. The van der Waals surface area contributed by atoms with Crippen molar-refractivity contribution in [3.63, 3.8) is 0 Å². The quantitative estimate of drug-likeness (QED) is 0.466. The van der Waals surface area contributed by atoms with E-state index < -0.39 is 11.7 Å². The van der Waals surface area contributed by atoms with Crippen molar-refractivity contribution < 1.29 is 18.7 Å². The number of methoxy groups -OCH3 is 1. The summed E-state index contributed by atoms with van der Waals surface area (Å²) in [6, 6.07) is 5.98. The maximum Gasteiger partial charge on any atom is 0.252 e. The van der Waals surface area contributed by atoms with Gasteiger partial charge in [-0.05, 0) is 34.1 Å². The summed E-state index contributed by atoms with van der Waals surface area (Å²) >= 11 is 9.06. The summed E-state index contributed by atoms with van der Waals surface area (Å²) in [5, 5.41) is 0.197. The third-order valence-corrected chi connectivity index (χ3v) is 4.62. The van der Waals surface area contributed by atoms with Gasteiger partial charge in [0.1, 0.15) is 16.5 Å². The number of nitrogens with zero attached hydrogens (tertiary/aromatic N) is 1. The number of fused-ring (bicyclic) bond motifs is 1. The van der Waals surface area contributed by atoms with Crippen molar-refractivity contribution in [3.8, 4) is 17.2 Å². The zero-order chi connectivity index (χ0) is 19.0. The van der Waals surface area contributed by atoms with E-state index >= 15 is 0 Å². The predicted molar refractivity (Wildman–Crippen MR) is 100 cm³/mol. The number of aromatic nitrogens is 1. The second kappa shape index (κ2) is 6.97. The lowest BCUT2D eigenvalue weighted by molar-refractivity contribution is 0.0997. The van der Waals surface area contributed by atoms with Crippen molar-refractivity contribution in [2.75, 3.05) is 12.8 Å². The topological polar surface area (TPSA) is 100 Å². The van der Waals surface area contributed by atoms with Crippen LogP contribution in [0.3, 0.4) is 0 Å². The van der Waals surface area contributed by atoms with Crippen LogP contribution in [-0.4, -0.2) is 18.0 Å². The molecule has 0 aliphatic rings. The van der Waals surface area contributed by atoms with Crippen LogP contribution in [0.2, 0.25) is 5.02 Å². The Morgan fingerprint density at radius 2 is 2.04 bits per heavy atom. The highest BCUT2D eigenvalue weighted by atomic mass is 79.9. The number of ether oxygens (including phenoxy) is 2. The van der Waals surface area contributed by atoms with Gasteiger partial charge in [0.2, 0.25) is 0 Å². The van der Waals surface area contributed by atoms with Gasteiger partial charge in [-0.3, -0.25) is 9.78 Å². The van der Waals surface area contributed by atoms with Crippen LogP contribution in [0.1, 0.15) is 10.4 Å². The fourth-order valence-electron chi connectivity index (χ4n) is 2.40. The molecule has 0 aliphatic carbocycles. The molecule has 1 amide bonds. The first kappa shape index (κ1) is 18.2. The van der Waals surface area contributed by atoms with Crippen LogP contribution in [0.25, 0.3) is 10.9 Å². The number of carbonyl (C=O) groups is 1. The highest BCUT2D eigenvalue weighted by Crippen LogP contribution is 2.41. The molecular formula is C17H12BrClFN3O3. The van der Waals surface area contributed by atoms with E-state index in [0.717, 1.165) is 0 Å². The summed E-state index contributed by atoms with van der Waals surface area (Å²) in [7, 11) is 1.41. The molecule has 0 saturated carbocycles. The molecule has 0 atom stereocenters. The lowest BCUT2D eigenvalue weighted by Gasteiger charge is -2.14. The first-order valence-electron chi connectivity index (χ1n) is 7.20. The summed E-state index contributed by atoms with van der Waals surface area (Å²) in [5.41, 5.74) is 11.7. The first-order chi connectivity index (χ1) is 12.3. The molecule has 0 unspecified atom stereocenters. The van der Waals surface area contributed by atoms with Gasteiger partial charge in [-0.15, -0.1) is 0 Å². The predicted octanol–water partition coefficient (Wildman–Crippen LogP) is 4.27. The Morgan fingerprint density at radius 3 is 2.69 bits per heavy atom. The number of primary amides is 1. The van der Waals surface area contributed by atoms with Crippen LogP contribution in [0.4, 0.5) is 10.1 Å². The molecule has 1 aromatic heterocycles. The van der Waals surface area contributed by atoms with Crippen molar-refractivity contribution in [2.45, 2.75) is 0 Å². The van der Waals surface area contributed by atoms with E-state index in [1.807, 2.05) is 0 Å². The van der Waals surface area contributed by atoms with Gasteiger partial charge >= 0.3 is 0 Å². The van der Waals surface area contributed by atoms with Crippen molar-refractivity contribution >= 4 is 50.0 Å². The first-order valence-corrected chi connectivity index (χ1v) is 8.38. The summed E-state index contributed by atoms with van der Waals surface area (Å²) in [6.07, 6.45) is 1.48. The Kier molecular flexibility index (Phi) is 4.88. The number of halogens is 3. The molecule has 134 valence electrons. The number of benzene rings is 2. The third-order valence-electron chi connectivity index (χ3n) is 3.64. The number of hydrogen-bond acceptors (Lipinski definition) is 5. The molecule has 0 radical (unpaired) electrons. The van der Waals surface area contributed by atoms with Gasteiger partial charge in [0, 0.05) is 17.6 Å². The molecule has 9 heteroatoms. The number of hydrogen-bond donors (Lipinski definition) is 2. The smallest absolute Gasteiger partial charge is 0.252 e. The van der Waals surface area contributed by atoms with E-state index in [1.165, 1.54) is 31.5 Å². The zero-order valence-corrected chi connectivity index (χ0v) is 15.7. The second-order valence-corrected chi connectivity index (χ2v) is 6.48. The van der Waals surface area contributed by atoms with Crippen LogP contribution in [0.15, 0.2) is 34.9 Å². The Balaban J connectivity index is 2.19. The molecule has 26 heavy (non-hydrogen) atoms. The number of carbonyl (C=O) groups excluding carboxylic acids is 1. The molecule has 0 spiro atoms. The van der Waals surface area contributed by atoms with E-state index in [9.17, 15) is 9.18 Å². The Hall–Kier alpha value is -2.58. The molecule has 0 saturated heterocycles. The van der Waals surface area contributed by atoms with Crippen molar-refractivity contribution in [3.05, 3.63) is 51.3 Å². The molecule has 0 aliphatic heterocycles. The number of anilines is 1. The van der Waals surface area contributed by atoms with Gasteiger partial charge in [-0.2, -0.15) is 0 Å². The van der Waals surface area contributed by atoms with Crippen molar-refractivity contribution in [1.82, 2.24) is 4.98 Å². The summed E-state index contributed by atoms with van der Waals surface area (Å²) in [6.45, 7) is 0. The summed E-state index contributed by atoms with van der Waals surface area (Å²) in [5.74, 6) is -1.11. The number of amides is 1. The van der Waals surface area contributed by atoms with Gasteiger partial charge < -0.3 is 20.9 Å². The van der Waals surface area contributed by atoms with Gasteiger partial charge in [0.15, 0.2) is 11.6 Å². The summed E-state index contributed by atoms with van der Waals surface area (Å²) < 4.78 is 25.6. The Bertz CT molecular complexity index is 1050. The standard InChI is InChI=1S/C17H12BrClFN3O3/c1-25-13-6-11-7(4-8(13)17(22)24)12(2-3-23-11)26-16-9(18)5-10(21)14(19)15(16)20/h2-6H,21H2,1H3,(H2,22,24). The van der Waals surface area contributed by atoms with Gasteiger partial charge in [0.25, 0.3) is 5.91 Å². The highest BCUT2D eigenvalue weighted by Gasteiger charge is 2.19. The van der Waals surface area contributed by atoms with E-state index in [0.29, 0.717) is 10.9 Å². The van der Waals surface area contributed by atoms with Gasteiger partial charge in [-0.1, -0.05) is 11.6 Å². The molecule has 3 rings (SSSR count). The minimum Gasteiger partial charge on any atom is -0.496 e. The second-order valence-electron chi connectivity index (χ2n) is 5.25. The lowest BCUT2D eigenvalue weighted by Crippen LogP contribution is -2.12. The van der Waals surface area contributed by atoms with Gasteiger partial charge in [0.05, 0.1) is 28.4 Å². The summed E-state index contributed by atoms with van der Waals surface area (Å²) in [4.78, 5) is 15.9. The Morgan fingerprint density at radius 1 is 1.31 bits per heavy atom. The fourth-order valence-corrected chi connectivity index (χ4v) is 3.04. The van der Waals surface area contributed by atoms with E-state index in [1.54, 1.807) is 6.07 Å². The van der Waals surface area contributed by atoms with Gasteiger partial charge in [-0.25, -0.2) is 4.39 Å². The van der Waals surface area contributed by atoms with Crippen molar-refractivity contribution in [1.29, 1.82) is 0 Å². The lowest BCUT2D eigenvalue weighted by atomic mass is 10.1. The van der Waals surface area contributed by atoms with Crippen LogP contribution in [-0.2, 0) is 0 Å². The van der Waals surface area contributed by atoms with Crippen LogP contribution in [0.5, 0.6) is 17.2 Å². The maximum absolute atomic E-state index is 14.5. The zero-order valence-electron chi connectivity index (χ0n) is 13.3. The SMILES string of the molecule is COc1cc2nccc(Oc3c(Br)cc(N)c(Cl)c3F)c2cc1C(N)=O. The molecular weight excluding hydrogens is 429 g/mol. The molecule has 6 nitrogen and oxygen atoms in total. The van der Waals surface area contributed by atoms with Crippen LogP contribution < -0.4 is 20.9 Å². The number of rotatable bonds is 4. The molecule has 0 bridgehead atoms. The molecule has 0 fully saturated rings. The van der Waals surface area contributed by atoms with E-state index in [2.05, 4.69) is 20.9 Å². The number of pyridine rings is 1. The average Bonchev–Trinajstić information content (AvgIpc) is 2.62. The molecule has 2 aromatic carbocycles. The van der Waals surface area contributed by atoms with Crippen LogP contribution in [0, 0.1) is 5.82 Å².